The first-order valence-electron chi connectivity index (χ1n) is 8.08. The lowest BCUT2D eigenvalue weighted by Crippen LogP contribution is -2.38. The van der Waals surface area contributed by atoms with E-state index < -0.39 is 0 Å². The highest BCUT2D eigenvalue weighted by Gasteiger charge is 2.29. The summed E-state index contributed by atoms with van der Waals surface area (Å²) in [5, 5.41) is 4.57. The number of piperidine rings is 1. The van der Waals surface area contributed by atoms with Crippen LogP contribution in [-0.4, -0.2) is 56.9 Å². The molecule has 8 heteroatoms. The third-order valence-corrected chi connectivity index (χ3v) is 4.69. The lowest BCUT2D eigenvalue weighted by molar-refractivity contribution is 0.0703. The number of rotatable bonds is 5. The first-order chi connectivity index (χ1) is 11.6. The summed E-state index contributed by atoms with van der Waals surface area (Å²) in [6.45, 7) is 2.84. The molecule has 0 saturated carbocycles. The van der Waals surface area contributed by atoms with Gasteiger partial charge in [0, 0.05) is 58.3 Å². The van der Waals surface area contributed by atoms with Crippen LogP contribution in [0.5, 0.6) is 0 Å². The number of aryl methyl sites for hydroxylation is 1. The van der Waals surface area contributed by atoms with Gasteiger partial charge < -0.3 is 14.2 Å². The fourth-order valence-corrected chi connectivity index (χ4v) is 3.41. The smallest absolute Gasteiger partial charge is 0.275 e. The number of halogens is 1. The highest BCUT2D eigenvalue weighted by atomic mass is 35.5. The summed E-state index contributed by atoms with van der Waals surface area (Å²) in [5.74, 6) is 1.34. The van der Waals surface area contributed by atoms with E-state index >= 15 is 0 Å². The number of hydrogen-bond acceptors (Lipinski definition) is 4. The van der Waals surface area contributed by atoms with E-state index in [4.69, 9.17) is 16.3 Å². The number of likely N-dealkylation sites (tertiary alicyclic amines) is 1. The van der Waals surface area contributed by atoms with Crippen molar-refractivity contribution >= 4 is 17.5 Å². The molecule has 0 atom stereocenters. The Kier molecular flexibility index (Phi) is 5.20. The predicted octanol–water partition coefficient (Wildman–Crippen LogP) is 1.94. The second-order valence-corrected chi connectivity index (χ2v) is 6.44. The average Bonchev–Trinajstić information content (AvgIpc) is 3.18. The van der Waals surface area contributed by atoms with Gasteiger partial charge in [0.1, 0.15) is 5.82 Å². The molecule has 1 aliphatic heterocycles. The van der Waals surface area contributed by atoms with Crippen molar-refractivity contribution in [2.75, 3.05) is 26.8 Å². The van der Waals surface area contributed by atoms with Crippen molar-refractivity contribution in [3.05, 3.63) is 35.1 Å². The van der Waals surface area contributed by atoms with Crippen LogP contribution in [0.4, 0.5) is 0 Å². The van der Waals surface area contributed by atoms with Crippen molar-refractivity contribution in [1.29, 1.82) is 0 Å². The van der Waals surface area contributed by atoms with Gasteiger partial charge in [-0.05, 0) is 12.8 Å². The highest BCUT2D eigenvalue weighted by Crippen LogP contribution is 2.28. The van der Waals surface area contributed by atoms with E-state index in [1.54, 1.807) is 25.0 Å². The summed E-state index contributed by atoms with van der Waals surface area (Å²) in [4.78, 5) is 18.9. The van der Waals surface area contributed by atoms with Crippen LogP contribution >= 0.6 is 11.6 Å². The molecular formula is C16H22ClN5O2. The van der Waals surface area contributed by atoms with Crippen molar-refractivity contribution < 1.29 is 9.53 Å². The highest BCUT2D eigenvalue weighted by molar-refractivity contribution is 6.33. The predicted molar refractivity (Wildman–Crippen MR) is 90.2 cm³/mol. The minimum atomic E-state index is -0.0956. The van der Waals surface area contributed by atoms with E-state index in [0.29, 0.717) is 36.3 Å². The summed E-state index contributed by atoms with van der Waals surface area (Å²) in [6.07, 6.45) is 7.24. The number of imidazole rings is 1. The Hall–Kier alpha value is -1.86. The SMILES string of the molecule is COCCn1ccnc1C1CCN(C(=O)c2nn(C)cc2Cl)CC1. The number of carbonyl (C=O) groups excluding carboxylic acids is 1. The van der Waals surface area contributed by atoms with E-state index in [9.17, 15) is 4.79 Å². The van der Waals surface area contributed by atoms with Gasteiger partial charge in [-0.1, -0.05) is 11.6 Å². The van der Waals surface area contributed by atoms with Crippen LogP contribution in [0.25, 0.3) is 0 Å². The molecule has 2 aromatic rings. The first kappa shape index (κ1) is 17.0. The summed E-state index contributed by atoms with van der Waals surface area (Å²) >= 11 is 6.08. The number of carbonyl (C=O) groups is 1. The van der Waals surface area contributed by atoms with E-state index in [0.717, 1.165) is 25.2 Å². The molecule has 3 heterocycles. The molecule has 0 spiro atoms. The number of nitrogens with zero attached hydrogens (tertiary/aromatic N) is 5. The van der Waals surface area contributed by atoms with Crippen molar-refractivity contribution in [1.82, 2.24) is 24.2 Å². The molecule has 1 aliphatic rings. The van der Waals surface area contributed by atoms with Crippen LogP contribution in [0.1, 0.15) is 35.1 Å². The third kappa shape index (κ3) is 3.47. The van der Waals surface area contributed by atoms with E-state index in [1.165, 1.54) is 0 Å². The Labute approximate surface area is 146 Å². The zero-order valence-corrected chi connectivity index (χ0v) is 14.7. The van der Waals surface area contributed by atoms with E-state index in [1.807, 2.05) is 17.3 Å². The van der Waals surface area contributed by atoms with Crippen LogP contribution in [0.2, 0.25) is 5.02 Å². The molecule has 2 aromatic heterocycles. The maximum atomic E-state index is 12.6. The second kappa shape index (κ2) is 7.36. The van der Waals surface area contributed by atoms with Gasteiger partial charge in [0.25, 0.3) is 5.91 Å². The molecule has 7 nitrogen and oxygen atoms in total. The van der Waals surface area contributed by atoms with Crippen LogP contribution in [-0.2, 0) is 18.3 Å². The molecule has 24 heavy (non-hydrogen) atoms. The quantitative estimate of drug-likeness (QED) is 0.825. The maximum Gasteiger partial charge on any atom is 0.275 e. The molecule has 0 unspecified atom stereocenters. The Morgan fingerprint density at radius 2 is 2.17 bits per heavy atom. The molecule has 1 amide bonds. The van der Waals surface area contributed by atoms with Gasteiger partial charge in [-0.3, -0.25) is 9.48 Å². The summed E-state index contributed by atoms with van der Waals surface area (Å²) in [6, 6.07) is 0. The second-order valence-electron chi connectivity index (χ2n) is 6.04. The minimum absolute atomic E-state index is 0.0956. The van der Waals surface area contributed by atoms with Crippen molar-refractivity contribution in [3.8, 4) is 0 Å². The normalized spacial score (nSPS) is 15.9. The van der Waals surface area contributed by atoms with Crippen LogP contribution in [0.3, 0.4) is 0 Å². The molecule has 3 rings (SSSR count). The zero-order valence-electron chi connectivity index (χ0n) is 14.0. The van der Waals surface area contributed by atoms with Gasteiger partial charge in [0.05, 0.1) is 11.6 Å². The Balaban J connectivity index is 1.63. The van der Waals surface area contributed by atoms with Crippen LogP contribution < -0.4 is 0 Å². The van der Waals surface area contributed by atoms with E-state index in [2.05, 4.69) is 14.6 Å². The Bertz CT molecular complexity index is 703. The van der Waals surface area contributed by atoms with Crippen molar-refractivity contribution in [2.45, 2.75) is 25.3 Å². The topological polar surface area (TPSA) is 65.2 Å². The number of hydrogen-bond donors (Lipinski definition) is 0. The molecule has 130 valence electrons. The fraction of sp³-hybridized carbons (Fsp3) is 0.562. The molecule has 0 aromatic carbocycles. The minimum Gasteiger partial charge on any atom is -0.383 e. The Morgan fingerprint density at radius 3 is 2.79 bits per heavy atom. The molecule has 0 N–H and O–H groups in total. The number of amides is 1. The largest absolute Gasteiger partial charge is 0.383 e. The molecule has 1 fully saturated rings. The monoisotopic (exact) mass is 351 g/mol. The number of aromatic nitrogens is 4. The molecule has 1 saturated heterocycles. The third-order valence-electron chi connectivity index (χ3n) is 4.42. The molecular weight excluding hydrogens is 330 g/mol. The van der Waals surface area contributed by atoms with Crippen molar-refractivity contribution in [3.63, 3.8) is 0 Å². The van der Waals surface area contributed by atoms with Gasteiger partial charge in [-0.2, -0.15) is 5.10 Å². The summed E-state index contributed by atoms with van der Waals surface area (Å²) in [7, 11) is 3.46. The molecule has 0 aliphatic carbocycles. The molecule has 0 radical (unpaired) electrons. The van der Waals surface area contributed by atoms with Gasteiger partial charge in [-0.25, -0.2) is 4.98 Å². The lowest BCUT2D eigenvalue weighted by atomic mass is 9.95. The standard InChI is InChI=1S/C16H22ClN5O2/c1-20-11-13(17)14(19-20)16(23)22-6-3-12(4-7-22)15-18-5-8-21(15)9-10-24-2/h5,8,11-12H,3-4,6-7,9-10H2,1-2H3. The average molecular weight is 352 g/mol. The van der Waals surface area contributed by atoms with Gasteiger partial charge in [0.15, 0.2) is 5.69 Å². The summed E-state index contributed by atoms with van der Waals surface area (Å²) in [5.41, 5.74) is 0.333. The number of methoxy groups -OCH3 is 1. The van der Waals surface area contributed by atoms with Gasteiger partial charge in [-0.15, -0.1) is 0 Å². The van der Waals surface area contributed by atoms with Crippen molar-refractivity contribution in [2.24, 2.45) is 7.05 Å². The number of ether oxygens (including phenoxy) is 1. The maximum absolute atomic E-state index is 12.6. The van der Waals surface area contributed by atoms with E-state index in [-0.39, 0.29) is 5.91 Å². The van der Waals surface area contributed by atoms with Gasteiger partial charge in [0.2, 0.25) is 0 Å². The molecule has 0 bridgehead atoms. The van der Waals surface area contributed by atoms with Crippen LogP contribution in [0, 0.1) is 0 Å². The first-order valence-corrected chi connectivity index (χ1v) is 8.46. The Morgan fingerprint density at radius 1 is 1.42 bits per heavy atom. The van der Waals surface area contributed by atoms with Gasteiger partial charge >= 0.3 is 0 Å². The lowest BCUT2D eigenvalue weighted by Gasteiger charge is -2.31. The fourth-order valence-electron chi connectivity index (χ4n) is 3.15. The zero-order chi connectivity index (χ0) is 17.1. The summed E-state index contributed by atoms with van der Waals surface area (Å²) < 4.78 is 8.85. The van der Waals surface area contributed by atoms with Crippen LogP contribution in [0.15, 0.2) is 18.6 Å².